The third kappa shape index (κ3) is 3.72. The molecule has 5 nitrogen and oxygen atoms in total. The average Bonchev–Trinajstić information content (AvgIpc) is 2.44. The molecule has 0 aliphatic rings. The number of halogens is 1. The van der Waals surface area contributed by atoms with Gasteiger partial charge >= 0.3 is 0 Å². The number of thioether (sulfide) groups is 1. The van der Waals surface area contributed by atoms with Crippen molar-refractivity contribution in [2.45, 2.75) is 10.6 Å². The Balaban J connectivity index is 2.19. The summed E-state index contributed by atoms with van der Waals surface area (Å²) in [5.41, 5.74) is 4.12. The van der Waals surface area contributed by atoms with Crippen LogP contribution in [0.1, 0.15) is 5.56 Å². The average molecular weight is 354 g/mol. The molecule has 0 radical (unpaired) electrons. The van der Waals surface area contributed by atoms with Gasteiger partial charge in [0.1, 0.15) is 0 Å². The third-order valence-corrected chi connectivity index (χ3v) is 4.18. The molecule has 0 atom stereocenters. The molecule has 0 amide bonds. The maximum Gasteiger partial charge on any atom is 0.269 e. The summed E-state index contributed by atoms with van der Waals surface area (Å²) in [5, 5.41) is 10.8. The summed E-state index contributed by atoms with van der Waals surface area (Å²) in [6.07, 6.45) is 0. The molecule has 2 aromatic rings. The van der Waals surface area contributed by atoms with Gasteiger partial charge in [-0.05, 0) is 29.8 Å². The van der Waals surface area contributed by atoms with Crippen LogP contribution in [0.3, 0.4) is 0 Å². The second-order valence-electron chi connectivity index (χ2n) is 3.99. The highest BCUT2D eigenvalue weighted by Crippen LogP contribution is 2.30. The number of anilines is 1. The first-order valence-corrected chi connectivity index (χ1v) is 7.50. The van der Waals surface area contributed by atoms with Crippen LogP contribution in [0.15, 0.2) is 51.8 Å². The van der Waals surface area contributed by atoms with Crippen LogP contribution < -0.4 is 11.3 Å². The maximum absolute atomic E-state index is 10.8. The molecule has 0 heterocycles. The van der Waals surface area contributed by atoms with Crippen LogP contribution in [0.2, 0.25) is 0 Å². The highest BCUT2D eigenvalue weighted by atomic mass is 79.9. The number of nitrogens with two attached hydrogens (primary N) is 1. The summed E-state index contributed by atoms with van der Waals surface area (Å²) < 4.78 is 0.999. The summed E-state index contributed by atoms with van der Waals surface area (Å²) in [6, 6.07) is 12.5. The zero-order valence-electron chi connectivity index (χ0n) is 10.4. The first-order valence-electron chi connectivity index (χ1n) is 5.72. The second-order valence-corrected chi connectivity index (χ2v) is 5.95. The largest absolute Gasteiger partial charge is 0.324 e. The quantitative estimate of drug-likeness (QED) is 0.368. The van der Waals surface area contributed by atoms with Crippen LogP contribution in [0.4, 0.5) is 11.4 Å². The molecule has 0 fully saturated rings. The number of nitro groups is 1. The Bertz CT molecular complexity index is 637. The summed E-state index contributed by atoms with van der Waals surface area (Å²) in [7, 11) is 0. The van der Waals surface area contributed by atoms with Crippen molar-refractivity contribution in [3.63, 3.8) is 0 Å². The molecule has 3 N–H and O–H groups in total. The van der Waals surface area contributed by atoms with Crippen molar-refractivity contribution in [1.29, 1.82) is 0 Å². The monoisotopic (exact) mass is 353 g/mol. The van der Waals surface area contributed by atoms with Gasteiger partial charge in [0.15, 0.2) is 0 Å². The van der Waals surface area contributed by atoms with E-state index < -0.39 is 4.92 Å². The van der Waals surface area contributed by atoms with Gasteiger partial charge in [0.2, 0.25) is 0 Å². The van der Waals surface area contributed by atoms with E-state index in [1.54, 1.807) is 23.9 Å². The molecule has 0 bridgehead atoms. The summed E-state index contributed by atoms with van der Waals surface area (Å²) in [5.74, 6) is 6.03. The Hall–Kier alpha value is -1.57. The lowest BCUT2D eigenvalue weighted by Gasteiger charge is -2.08. The van der Waals surface area contributed by atoms with Gasteiger partial charge in [0.25, 0.3) is 5.69 Å². The zero-order chi connectivity index (χ0) is 14.5. The number of nitrogens with zero attached hydrogens (tertiary/aromatic N) is 1. The molecule has 0 aliphatic carbocycles. The Morgan fingerprint density at radius 3 is 2.75 bits per heavy atom. The van der Waals surface area contributed by atoms with E-state index in [1.165, 1.54) is 6.07 Å². The van der Waals surface area contributed by atoms with Crippen molar-refractivity contribution in [2.75, 3.05) is 5.43 Å². The van der Waals surface area contributed by atoms with Gasteiger partial charge in [-0.15, -0.1) is 11.8 Å². The minimum absolute atomic E-state index is 0.0637. The normalized spacial score (nSPS) is 10.3. The Morgan fingerprint density at radius 2 is 2.10 bits per heavy atom. The first-order chi connectivity index (χ1) is 9.60. The lowest BCUT2D eigenvalue weighted by atomic mass is 10.2. The van der Waals surface area contributed by atoms with E-state index in [1.807, 2.05) is 24.3 Å². The zero-order valence-corrected chi connectivity index (χ0v) is 12.8. The van der Waals surface area contributed by atoms with Crippen LogP contribution in [-0.2, 0) is 5.75 Å². The number of hydrazine groups is 1. The van der Waals surface area contributed by atoms with E-state index in [2.05, 4.69) is 21.4 Å². The van der Waals surface area contributed by atoms with Crippen molar-refractivity contribution < 1.29 is 4.92 Å². The Labute approximate surface area is 128 Å². The van der Waals surface area contributed by atoms with Gasteiger partial charge in [-0.2, -0.15) is 0 Å². The first kappa shape index (κ1) is 14.8. The van der Waals surface area contributed by atoms with Gasteiger partial charge in [0.05, 0.1) is 10.6 Å². The van der Waals surface area contributed by atoms with Crippen LogP contribution in [-0.4, -0.2) is 4.92 Å². The lowest BCUT2D eigenvalue weighted by molar-refractivity contribution is -0.384. The molecule has 0 aromatic heterocycles. The smallest absolute Gasteiger partial charge is 0.269 e. The molecular weight excluding hydrogens is 342 g/mol. The predicted octanol–water partition coefficient (Wildman–Crippen LogP) is 3.94. The van der Waals surface area contributed by atoms with E-state index in [4.69, 9.17) is 5.84 Å². The number of rotatable bonds is 5. The number of benzene rings is 2. The molecule has 0 unspecified atom stereocenters. The highest BCUT2D eigenvalue weighted by Gasteiger charge is 2.10. The van der Waals surface area contributed by atoms with E-state index >= 15 is 0 Å². The van der Waals surface area contributed by atoms with Crippen molar-refractivity contribution >= 4 is 39.1 Å². The number of hydrogen-bond donors (Lipinski definition) is 2. The Kier molecular flexibility index (Phi) is 4.99. The van der Waals surface area contributed by atoms with Gasteiger partial charge in [0, 0.05) is 27.3 Å². The second kappa shape index (κ2) is 6.74. The highest BCUT2D eigenvalue weighted by molar-refractivity contribution is 9.10. The minimum atomic E-state index is -0.409. The number of nitro benzene ring substituents is 1. The molecule has 0 saturated carbocycles. The molecule has 0 saturated heterocycles. The SMILES string of the molecule is NNc1ccc([N+](=O)[O-])cc1CSc1cccc(Br)c1. The maximum atomic E-state index is 10.8. The van der Waals surface area contributed by atoms with Gasteiger partial charge in [-0.3, -0.25) is 16.0 Å². The number of non-ortho nitro benzene ring substituents is 1. The van der Waals surface area contributed by atoms with Crippen LogP contribution in [0, 0.1) is 10.1 Å². The molecule has 7 heteroatoms. The molecule has 2 rings (SSSR count). The van der Waals surface area contributed by atoms with Crippen LogP contribution in [0.5, 0.6) is 0 Å². The van der Waals surface area contributed by atoms with E-state index in [9.17, 15) is 10.1 Å². The topological polar surface area (TPSA) is 81.2 Å². The molecule has 0 aliphatic heterocycles. The Morgan fingerprint density at radius 1 is 1.30 bits per heavy atom. The van der Waals surface area contributed by atoms with Gasteiger partial charge < -0.3 is 5.43 Å². The summed E-state index contributed by atoms with van der Waals surface area (Å²) in [4.78, 5) is 11.5. The van der Waals surface area contributed by atoms with Gasteiger partial charge in [-0.1, -0.05) is 22.0 Å². The fourth-order valence-electron chi connectivity index (χ4n) is 1.67. The molecule has 0 spiro atoms. The molecular formula is C13H12BrN3O2S. The minimum Gasteiger partial charge on any atom is -0.324 e. The van der Waals surface area contributed by atoms with Crippen LogP contribution in [0.25, 0.3) is 0 Å². The molecule has 2 aromatic carbocycles. The van der Waals surface area contributed by atoms with Gasteiger partial charge in [-0.25, -0.2) is 0 Å². The molecule has 20 heavy (non-hydrogen) atoms. The number of nitrogen functional groups attached to an aromatic ring is 1. The number of nitrogens with one attached hydrogen (secondary N) is 1. The van der Waals surface area contributed by atoms with Crippen molar-refractivity contribution in [1.82, 2.24) is 0 Å². The lowest BCUT2D eigenvalue weighted by Crippen LogP contribution is -2.09. The van der Waals surface area contributed by atoms with Crippen molar-refractivity contribution in [2.24, 2.45) is 5.84 Å². The predicted molar refractivity (Wildman–Crippen MR) is 84.6 cm³/mol. The van der Waals surface area contributed by atoms with E-state index in [-0.39, 0.29) is 5.69 Å². The summed E-state index contributed by atoms with van der Waals surface area (Å²) in [6.45, 7) is 0. The molecule has 104 valence electrons. The van der Waals surface area contributed by atoms with Crippen LogP contribution >= 0.6 is 27.7 Å². The van der Waals surface area contributed by atoms with Crippen molar-refractivity contribution in [3.05, 3.63) is 62.6 Å². The fraction of sp³-hybridized carbons (Fsp3) is 0.0769. The standard InChI is InChI=1S/C13H12BrN3O2S/c14-10-2-1-3-12(7-10)20-8-9-6-11(17(18)19)4-5-13(9)16-15/h1-7,16H,8,15H2. The summed E-state index contributed by atoms with van der Waals surface area (Å²) >= 11 is 5.00. The van der Waals surface area contributed by atoms with E-state index in [0.29, 0.717) is 11.4 Å². The number of hydrogen-bond acceptors (Lipinski definition) is 5. The third-order valence-electron chi connectivity index (χ3n) is 2.65. The van der Waals surface area contributed by atoms with Crippen molar-refractivity contribution in [3.8, 4) is 0 Å². The van der Waals surface area contributed by atoms with E-state index in [0.717, 1.165) is 14.9 Å². The fourth-order valence-corrected chi connectivity index (χ4v) is 3.17.